The van der Waals surface area contributed by atoms with E-state index < -0.39 is 5.97 Å². The molecule has 0 aliphatic rings. The molecule has 0 atom stereocenters. The summed E-state index contributed by atoms with van der Waals surface area (Å²) < 4.78 is 4.71. The lowest BCUT2D eigenvalue weighted by Crippen LogP contribution is -2.16. The average molecular weight is 347 g/mol. The van der Waals surface area contributed by atoms with E-state index >= 15 is 0 Å². The topological polar surface area (TPSA) is 55.4 Å². The Bertz CT molecular complexity index is 963. The van der Waals surface area contributed by atoms with E-state index in [-0.39, 0.29) is 12.3 Å². The SMILES string of the molecule is COC(=O)c1cccc(NCC(=O)Cc2ccc3ccccc3c2C)c1. The number of carbonyl (C=O) groups excluding carboxylic acids is 2. The van der Waals surface area contributed by atoms with Gasteiger partial charge in [0.25, 0.3) is 0 Å². The molecule has 132 valence electrons. The maximum absolute atomic E-state index is 12.4. The normalized spacial score (nSPS) is 10.5. The molecule has 0 bridgehead atoms. The lowest BCUT2D eigenvalue weighted by molar-refractivity contribution is -0.116. The van der Waals surface area contributed by atoms with E-state index in [1.54, 1.807) is 18.2 Å². The van der Waals surface area contributed by atoms with Gasteiger partial charge in [-0.3, -0.25) is 4.79 Å². The minimum Gasteiger partial charge on any atom is -0.465 e. The third-order valence-corrected chi connectivity index (χ3v) is 4.47. The molecule has 3 rings (SSSR count). The molecule has 0 aromatic heterocycles. The number of nitrogens with one attached hydrogen (secondary N) is 1. The second-order valence-corrected chi connectivity index (χ2v) is 6.21. The van der Waals surface area contributed by atoms with Gasteiger partial charge in [0.1, 0.15) is 0 Å². The molecule has 4 nitrogen and oxygen atoms in total. The summed E-state index contributed by atoms with van der Waals surface area (Å²) in [4.78, 5) is 24.0. The number of ketones is 1. The molecular formula is C22H21NO3. The number of fused-ring (bicyclic) bond motifs is 1. The van der Waals surface area contributed by atoms with E-state index in [2.05, 4.69) is 30.4 Å². The minimum atomic E-state index is -0.397. The van der Waals surface area contributed by atoms with Crippen LogP contribution in [0.1, 0.15) is 21.5 Å². The Morgan fingerprint density at radius 1 is 1.00 bits per heavy atom. The number of ether oxygens (including phenoxy) is 1. The highest BCUT2D eigenvalue weighted by molar-refractivity contribution is 5.92. The molecule has 1 N–H and O–H groups in total. The van der Waals surface area contributed by atoms with Crippen LogP contribution in [-0.4, -0.2) is 25.4 Å². The van der Waals surface area contributed by atoms with Gasteiger partial charge in [-0.05, 0) is 47.0 Å². The van der Waals surface area contributed by atoms with Gasteiger partial charge in [-0.15, -0.1) is 0 Å². The first-order chi connectivity index (χ1) is 12.6. The van der Waals surface area contributed by atoms with Crippen molar-refractivity contribution in [3.8, 4) is 0 Å². The molecule has 3 aromatic carbocycles. The second kappa shape index (κ2) is 7.83. The molecular weight excluding hydrogens is 326 g/mol. The largest absolute Gasteiger partial charge is 0.465 e. The number of benzene rings is 3. The molecule has 0 saturated heterocycles. The van der Waals surface area contributed by atoms with Crippen LogP contribution >= 0.6 is 0 Å². The van der Waals surface area contributed by atoms with E-state index in [0.29, 0.717) is 12.0 Å². The highest BCUT2D eigenvalue weighted by Crippen LogP contribution is 2.22. The molecule has 3 aromatic rings. The van der Waals surface area contributed by atoms with Gasteiger partial charge in [0.2, 0.25) is 0 Å². The molecule has 0 aliphatic carbocycles. The fraction of sp³-hybridized carbons (Fsp3) is 0.182. The number of carbonyl (C=O) groups is 2. The van der Waals surface area contributed by atoms with Gasteiger partial charge in [0, 0.05) is 12.1 Å². The van der Waals surface area contributed by atoms with Crippen molar-refractivity contribution in [3.63, 3.8) is 0 Å². The predicted molar refractivity (Wildman–Crippen MR) is 104 cm³/mol. The number of methoxy groups -OCH3 is 1. The van der Waals surface area contributed by atoms with Crippen molar-refractivity contribution < 1.29 is 14.3 Å². The number of esters is 1. The Hall–Kier alpha value is -3.14. The van der Waals surface area contributed by atoms with Crippen molar-refractivity contribution in [2.24, 2.45) is 0 Å². The van der Waals surface area contributed by atoms with Crippen LogP contribution in [-0.2, 0) is 16.0 Å². The van der Waals surface area contributed by atoms with E-state index in [0.717, 1.165) is 16.8 Å². The monoisotopic (exact) mass is 347 g/mol. The summed E-state index contributed by atoms with van der Waals surface area (Å²) in [5.74, 6) is -0.307. The van der Waals surface area contributed by atoms with Crippen molar-refractivity contribution in [2.45, 2.75) is 13.3 Å². The van der Waals surface area contributed by atoms with Gasteiger partial charge in [-0.2, -0.15) is 0 Å². The predicted octanol–water partition coefficient (Wildman–Crippen LogP) is 4.16. The number of Topliss-reactive ketones (excluding diaryl/α,β-unsaturated/α-hetero) is 1. The van der Waals surface area contributed by atoms with Crippen molar-refractivity contribution >= 4 is 28.2 Å². The summed E-state index contributed by atoms with van der Waals surface area (Å²) in [5, 5.41) is 5.44. The van der Waals surface area contributed by atoms with Gasteiger partial charge < -0.3 is 10.1 Å². The van der Waals surface area contributed by atoms with Gasteiger partial charge in [0.05, 0.1) is 19.2 Å². The minimum absolute atomic E-state index is 0.0897. The zero-order valence-corrected chi connectivity index (χ0v) is 14.9. The maximum Gasteiger partial charge on any atom is 0.337 e. The van der Waals surface area contributed by atoms with Gasteiger partial charge in [0.15, 0.2) is 5.78 Å². The first-order valence-electron chi connectivity index (χ1n) is 8.49. The number of aryl methyl sites for hydroxylation is 1. The van der Waals surface area contributed by atoms with Gasteiger partial charge in [-0.25, -0.2) is 4.79 Å². The highest BCUT2D eigenvalue weighted by atomic mass is 16.5. The Balaban J connectivity index is 1.66. The Labute approximate surface area is 152 Å². The Morgan fingerprint density at radius 3 is 2.62 bits per heavy atom. The Morgan fingerprint density at radius 2 is 1.81 bits per heavy atom. The summed E-state index contributed by atoms with van der Waals surface area (Å²) in [6, 6.07) is 19.2. The second-order valence-electron chi connectivity index (χ2n) is 6.21. The van der Waals surface area contributed by atoms with Crippen LogP contribution < -0.4 is 5.32 Å². The average Bonchev–Trinajstić information content (AvgIpc) is 2.68. The van der Waals surface area contributed by atoms with Gasteiger partial charge >= 0.3 is 5.97 Å². The standard InChI is InChI=1S/C22H21NO3/c1-15-17(11-10-16-6-3-4-9-21(15)16)13-20(24)14-23-19-8-5-7-18(12-19)22(25)26-2/h3-12,23H,13-14H2,1-2H3. The maximum atomic E-state index is 12.4. The van der Waals surface area contributed by atoms with Crippen LogP contribution in [0.4, 0.5) is 5.69 Å². The third kappa shape index (κ3) is 3.91. The van der Waals surface area contributed by atoms with Crippen LogP contribution in [0.2, 0.25) is 0 Å². The van der Waals surface area contributed by atoms with Gasteiger partial charge in [-0.1, -0.05) is 42.5 Å². The zero-order chi connectivity index (χ0) is 18.5. The quantitative estimate of drug-likeness (QED) is 0.680. The Kier molecular flexibility index (Phi) is 5.32. The summed E-state index contributed by atoms with van der Waals surface area (Å²) in [6.45, 7) is 2.26. The van der Waals surface area contributed by atoms with Crippen LogP contribution in [0.3, 0.4) is 0 Å². The molecule has 0 heterocycles. The molecule has 0 saturated carbocycles. The smallest absolute Gasteiger partial charge is 0.337 e. The first kappa shape index (κ1) is 17.7. The highest BCUT2D eigenvalue weighted by Gasteiger charge is 2.10. The van der Waals surface area contributed by atoms with Crippen LogP contribution in [0.5, 0.6) is 0 Å². The summed E-state index contributed by atoms with van der Waals surface area (Å²) in [6.07, 6.45) is 0.375. The van der Waals surface area contributed by atoms with Crippen molar-refractivity contribution in [2.75, 3.05) is 19.0 Å². The molecule has 0 fully saturated rings. The summed E-state index contributed by atoms with van der Waals surface area (Å²) >= 11 is 0. The number of anilines is 1. The fourth-order valence-electron chi connectivity index (χ4n) is 3.01. The number of rotatable bonds is 6. The molecule has 0 radical (unpaired) electrons. The van der Waals surface area contributed by atoms with Crippen molar-refractivity contribution in [3.05, 3.63) is 77.4 Å². The lowest BCUT2D eigenvalue weighted by atomic mass is 9.97. The van der Waals surface area contributed by atoms with Crippen molar-refractivity contribution in [1.82, 2.24) is 0 Å². The van der Waals surface area contributed by atoms with Crippen LogP contribution in [0.15, 0.2) is 60.7 Å². The number of hydrogen-bond acceptors (Lipinski definition) is 4. The zero-order valence-electron chi connectivity index (χ0n) is 14.9. The molecule has 0 spiro atoms. The number of hydrogen-bond donors (Lipinski definition) is 1. The molecule has 26 heavy (non-hydrogen) atoms. The van der Waals surface area contributed by atoms with E-state index in [1.165, 1.54) is 17.9 Å². The summed E-state index contributed by atoms with van der Waals surface area (Å²) in [7, 11) is 1.35. The first-order valence-corrected chi connectivity index (χ1v) is 8.49. The van der Waals surface area contributed by atoms with Crippen molar-refractivity contribution in [1.29, 1.82) is 0 Å². The van der Waals surface area contributed by atoms with E-state index in [1.807, 2.05) is 24.3 Å². The third-order valence-electron chi connectivity index (χ3n) is 4.47. The van der Waals surface area contributed by atoms with E-state index in [4.69, 9.17) is 4.74 Å². The van der Waals surface area contributed by atoms with Crippen LogP contribution in [0.25, 0.3) is 10.8 Å². The molecule has 0 aliphatic heterocycles. The lowest BCUT2D eigenvalue weighted by Gasteiger charge is -2.10. The fourth-order valence-corrected chi connectivity index (χ4v) is 3.01. The van der Waals surface area contributed by atoms with Crippen LogP contribution in [0, 0.1) is 6.92 Å². The molecule has 4 heteroatoms. The van der Waals surface area contributed by atoms with E-state index in [9.17, 15) is 9.59 Å². The molecule has 0 unspecified atom stereocenters. The molecule has 0 amide bonds. The summed E-state index contributed by atoms with van der Waals surface area (Å²) in [5.41, 5.74) is 3.36.